The van der Waals surface area contributed by atoms with Gasteiger partial charge in [0.1, 0.15) is 27.2 Å². The first-order valence-corrected chi connectivity index (χ1v) is 12.8. The third kappa shape index (κ3) is 5.47. The van der Waals surface area contributed by atoms with Gasteiger partial charge in [-0.2, -0.15) is 4.98 Å². The summed E-state index contributed by atoms with van der Waals surface area (Å²) in [7, 11) is 35.8. The molecule has 1 aliphatic heterocycles. The number of aryl methyl sites for hydroxylation is 1. The number of carbonyl (C=O) groups is 1. The average molecular weight is 538 g/mol. The summed E-state index contributed by atoms with van der Waals surface area (Å²) in [5.74, 6) is 0.0189. The van der Waals surface area contributed by atoms with E-state index in [1.807, 2.05) is 0 Å². The highest BCUT2D eigenvalue weighted by atomic mass is 16.3. The molecule has 2 fully saturated rings. The maximum Gasteiger partial charge on any atom is 0.263 e. The van der Waals surface area contributed by atoms with Crippen LogP contribution in [0.1, 0.15) is 41.7 Å². The van der Waals surface area contributed by atoms with Crippen LogP contribution in [0.4, 0.5) is 17.5 Å². The molecule has 5 rings (SSSR count). The van der Waals surface area contributed by atoms with Crippen molar-refractivity contribution in [3.8, 4) is 0 Å². The minimum absolute atomic E-state index is 0.0574. The number of nitrogens with zero attached hydrogens (tertiary/aromatic N) is 5. The smallest absolute Gasteiger partial charge is 0.263 e. The van der Waals surface area contributed by atoms with Crippen LogP contribution < -0.4 is 21.1 Å². The van der Waals surface area contributed by atoms with E-state index in [0.717, 1.165) is 0 Å². The van der Waals surface area contributed by atoms with Crippen molar-refractivity contribution in [3.05, 3.63) is 46.0 Å². The molecule has 12 radical (unpaired) electrons. The highest BCUT2D eigenvalue weighted by molar-refractivity contribution is 6.45. The van der Waals surface area contributed by atoms with E-state index >= 15 is 0 Å². The summed E-state index contributed by atoms with van der Waals surface area (Å²) in [5, 5.41) is 24.6. The summed E-state index contributed by atoms with van der Waals surface area (Å²) >= 11 is 0. The first kappa shape index (κ1) is 29.5. The number of fused-ring (bicyclic) bond motifs is 1. The van der Waals surface area contributed by atoms with Crippen LogP contribution >= 0.6 is 0 Å². The number of anilines is 3. The molecule has 17 heteroatoms. The number of aromatic nitrogens is 4. The maximum atomic E-state index is 13.6. The first-order chi connectivity index (χ1) is 18.9. The third-order valence-corrected chi connectivity index (χ3v) is 7.49. The number of Topliss-reactive ketones (excluding diaryl/α,β-unsaturated/α-hetero) is 1. The van der Waals surface area contributed by atoms with E-state index in [2.05, 4.69) is 25.6 Å². The van der Waals surface area contributed by atoms with Crippen LogP contribution in [0.15, 0.2) is 29.3 Å². The molecule has 2 unspecified atom stereocenters. The first-order valence-electron chi connectivity index (χ1n) is 12.8. The zero-order valence-electron chi connectivity index (χ0n) is 22.6. The Morgan fingerprint density at radius 3 is 2.17 bits per heavy atom. The van der Waals surface area contributed by atoms with Crippen molar-refractivity contribution < 1.29 is 15.0 Å². The lowest BCUT2D eigenvalue weighted by Gasteiger charge is -2.51. The van der Waals surface area contributed by atoms with Crippen LogP contribution in [0.2, 0.25) is 0 Å². The molecule has 0 bridgehead atoms. The molecule has 4 N–H and O–H groups in total. The van der Waals surface area contributed by atoms with Gasteiger partial charge < -0.3 is 25.7 Å². The minimum Gasteiger partial charge on any atom is -0.398 e. The van der Waals surface area contributed by atoms with E-state index in [0.29, 0.717) is 22.5 Å². The van der Waals surface area contributed by atoms with Gasteiger partial charge in [-0.1, -0.05) is 0 Å². The Kier molecular flexibility index (Phi) is 7.03. The second-order valence-corrected chi connectivity index (χ2v) is 11.2. The number of nitrogens with one attached hydrogen (secondary N) is 2. The van der Waals surface area contributed by atoms with Gasteiger partial charge in [-0.05, 0) is 55.1 Å². The van der Waals surface area contributed by atoms with E-state index < -0.39 is 39.1 Å². The predicted octanol–water partition coefficient (Wildman–Crippen LogP) is -2.12. The fourth-order valence-electron chi connectivity index (χ4n) is 5.62. The summed E-state index contributed by atoms with van der Waals surface area (Å²) in [4.78, 5) is 41.1. The van der Waals surface area contributed by atoms with Crippen molar-refractivity contribution in [1.29, 1.82) is 0 Å². The van der Waals surface area contributed by atoms with Crippen molar-refractivity contribution in [2.45, 2.75) is 54.4 Å². The summed E-state index contributed by atoms with van der Waals surface area (Å²) in [5.41, 5.74) is -3.81. The van der Waals surface area contributed by atoms with Gasteiger partial charge in [-0.15, -0.1) is 0 Å². The summed E-state index contributed by atoms with van der Waals surface area (Å²) in [6, 6.07) is 2.57. The SMILES string of the molecule is [B]C1([B])CN(c2ccc(Nc3ncc4c(C)c(C(C)=O)c(=O)n(C5CC([B])(O)C([B])(O)C5)c4n3)nc2)CC([B])([B])N1. The highest BCUT2D eigenvalue weighted by Crippen LogP contribution is 2.42. The Morgan fingerprint density at radius 1 is 1.02 bits per heavy atom. The molecule has 1 aliphatic carbocycles. The van der Waals surface area contributed by atoms with Crippen LogP contribution in [0.3, 0.4) is 0 Å². The maximum absolute atomic E-state index is 13.6. The zero-order chi connectivity index (χ0) is 30.1. The zero-order valence-corrected chi connectivity index (χ0v) is 22.6. The Bertz CT molecular complexity index is 1560. The van der Waals surface area contributed by atoms with Gasteiger partial charge in [-0.25, -0.2) is 9.97 Å². The lowest BCUT2D eigenvalue weighted by atomic mass is 9.52. The topological polar surface area (TPSA) is 146 Å². The molecule has 0 amide bonds. The van der Waals surface area contributed by atoms with Gasteiger partial charge >= 0.3 is 0 Å². The van der Waals surface area contributed by atoms with Crippen LogP contribution in [0.5, 0.6) is 0 Å². The number of pyridine rings is 2. The fraction of sp³-hybridized carbons (Fsp3) is 0.458. The minimum atomic E-state index is -2.17. The molecule has 2 aliphatic rings. The summed E-state index contributed by atoms with van der Waals surface area (Å²) in [6.07, 6.45) is 2.54. The van der Waals surface area contributed by atoms with E-state index in [-0.39, 0.29) is 43.1 Å². The number of hydrogen-bond donors (Lipinski definition) is 4. The molecule has 3 aromatic rings. The largest absolute Gasteiger partial charge is 0.398 e. The monoisotopic (exact) mass is 539 g/mol. The van der Waals surface area contributed by atoms with Crippen LogP contribution in [-0.2, 0) is 0 Å². The van der Waals surface area contributed by atoms with E-state index in [1.54, 1.807) is 30.2 Å². The molecule has 0 spiro atoms. The third-order valence-electron chi connectivity index (χ3n) is 7.49. The van der Waals surface area contributed by atoms with Gasteiger partial charge in [-0.3, -0.25) is 14.2 Å². The number of aliphatic hydroxyl groups is 2. The highest BCUT2D eigenvalue weighted by Gasteiger charge is 2.50. The van der Waals surface area contributed by atoms with Crippen LogP contribution in [0, 0.1) is 6.92 Å². The molecule has 2 atom stereocenters. The molecular weight excluding hydrogens is 515 g/mol. The fourth-order valence-corrected chi connectivity index (χ4v) is 5.62. The van der Waals surface area contributed by atoms with E-state index in [1.165, 1.54) is 17.7 Å². The number of ketones is 1. The average Bonchev–Trinajstić information content (AvgIpc) is 3.03. The Hall–Kier alpha value is -3.02. The number of carbonyl (C=O) groups excluding carboxylic acids is 1. The number of piperazine rings is 1. The molecule has 1 saturated heterocycles. The normalized spacial score (nSPS) is 27.1. The molecule has 11 nitrogen and oxygen atoms in total. The summed E-state index contributed by atoms with van der Waals surface area (Å²) in [6.45, 7) is 3.35. The molecule has 4 heterocycles. The lowest BCUT2D eigenvalue weighted by Crippen LogP contribution is -2.73. The Balaban J connectivity index is 1.51. The van der Waals surface area contributed by atoms with Gasteiger partial charge in [0.15, 0.2) is 5.78 Å². The van der Waals surface area contributed by atoms with E-state index in [4.69, 9.17) is 47.1 Å². The standard InChI is InChI=1S/C24H23B6N7O4/c1-11-15-8-32-20(33-16-4-3-13(7-31-16)36-9-23(27,28)35-24(29,30)10-36)34-18(15)37(19(39)17(11)12(2)38)14-5-21(25,40)22(26,41)6-14/h3-4,7-8,14,35,40-41H,5-6,9-10H2,1-2H3,(H,31,32,33,34). The lowest BCUT2D eigenvalue weighted by molar-refractivity contribution is -0.0207. The van der Waals surface area contributed by atoms with E-state index in [9.17, 15) is 19.8 Å². The molecular formula is C24H23B6N7O4. The van der Waals surface area contributed by atoms with Gasteiger partial charge in [0.2, 0.25) is 5.95 Å². The predicted molar refractivity (Wildman–Crippen MR) is 160 cm³/mol. The number of rotatable bonds is 5. The van der Waals surface area contributed by atoms with Crippen molar-refractivity contribution in [2.24, 2.45) is 0 Å². The molecule has 0 aromatic carbocycles. The Morgan fingerprint density at radius 2 is 1.63 bits per heavy atom. The molecule has 41 heavy (non-hydrogen) atoms. The Labute approximate surface area is 244 Å². The molecule has 196 valence electrons. The van der Waals surface area contributed by atoms with Crippen LogP contribution in [0.25, 0.3) is 11.0 Å². The van der Waals surface area contributed by atoms with Crippen LogP contribution in [-0.4, -0.2) is 117 Å². The van der Waals surface area contributed by atoms with Crippen molar-refractivity contribution in [1.82, 2.24) is 24.8 Å². The summed E-state index contributed by atoms with van der Waals surface area (Å²) < 4.78 is 1.23. The quantitative estimate of drug-likeness (QED) is 0.210. The van der Waals surface area contributed by atoms with Crippen molar-refractivity contribution >= 4 is 81.3 Å². The molecule has 1 saturated carbocycles. The van der Waals surface area contributed by atoms with Crippen molar-refractivity contribution in [3.63, 3.8) is 0 Å². The second kappa shape index (κ2) is 9.78. The van der Waals surface area contributed by atoms with Gasteiger partial charge in [0.05, 0.1) is 48.8 Å². The van der Waals surface area contributed by atoms with Crippen molar-refractivity contribution in [2.75, 3.05) is 23.3 Å². The number of hydrogen-bond acceptors (Lipinski definition) is 10. The molecule has 3 aromatic heterocycles. The van der Waals surface area contributed by atoms with Gasteiger partial charge in [0.25, 0.3) is 5.56 Å². The van der Waals surface area contributed by atoms with Gasteiger partial charge in [0, 0.05) is 41.7 Å². The second-order valence-electron chi connectivity index (χ2n) is 11.2.